The van der Waals surface area contributed by atoms with E-state index in [1.54, 1.807) is 0 Å². The molecule has 0 N–H and O–H groups in total. The zero-order valence-electron chi connectivity index (χ0n) is 11.4. The van der Waals surface area contributed by atoms with E-state index in [0.29, 0.717) is 44.7 Å². The monoisotopic (exact) mass is 290 g/mol. The summed E-state index contributed by atoms with van der Waals surface area (Å²) in [6.07, 6.45) is 0. The first-order chi connectivity index (χ1) is 10.8. The van der Waals surface area contributed by atoms with Crippen molar-refractivity contribution in [3.63, 3.8) is 0 Å². The zero-order chi connectivity index (χ0) is 14.5. The molecule has 4 heteroatoms. The fraction of sp³-hybridized carbons (Fsp3) is 0. The molecule has 0 aliphatic rings. The van der Waals surface area contributed by atoms with Gasteiger partial charge in [-0.25, -0.2) is 0 Å². The zero-order valence-corrected chi connectivity index (χ0v) is 11.4. The Morgan fingerprint density at radius 2 is 0.636 bits per heavy atom. The number of hydrogen-bond donors (Lipinski definition) is 0. The van der Waals surface area contributed by atoms with Gasteiger partial charge in [0.2, 0.25) is 0 Å². The molecule has 0 aliphatic carbocycles. The van der Waals surface area contributed by atoms with E-state index in [1.165, 1.54) is 0 Å². The predicted molar refractivity (Wildman–Crippen MR) is 83.2 cm³/mol. The summed E-state index contributed by atoms with van der Waals surface area (Å²) < 4.78 is 23.1. The van der Waals surface area contributed by atoms with E-state index in [2.05, 4.69) is 0 Å². The lowest BCUT2D eigenvalue weighted by atomic mass is 10.4. The summed E-state index contributed by atoms with van der Waals surface area (Å²) in [4.78, 5) is 0. The Morgan fingerprint density at radius 1 is 0.364 bits per heavy atom. The topological polar surface area (TPSA) is 52.6 Å². The van der Waals surface area contributed by atoms with Gasteiger partial charge in [0, 0.05) is 12.1 Å². The van der Waals surface area contributed by atoms with Crippen molar-refractivity contribution in [3.8, 4) is 0 Å². The lowest BCUT2D eigenvalue weighted by molar-refractivity contribution is 0.617. The first kappa shape index (κ1) is 11.5. The standard InChI is InChI=1S/C18H10O4/c1-5-15-16-6-3-13(21-16)10-14-4-8-18(22-14)17-7-2-12(20-17)9-11(1)19-15/h1-10H. The van der Waals surface area contributed by atoms with Gasteiger partial charge in [-0.05, 0) is 48.5 Å². The van der Waals surface area contributed by atoms with Crippen LogP contribution >= 0.6 is 0 Å². The maximum absolute atomic E-state index is 5.78. The Labute approximate surface area is 123 Å². The van der Waals surface area contributed by atoms with Crippen molar-refractivity contribution < 1.29 is 17.7 Å². The number of rotatable bonds is 0. The number of fused-ring (bicyclic) bond motifs is 10. The van der Waals surface area contributed by atoms with Crippen LogP contribution < -0.4 is 0 Å². The van der Waals surface area contributed by atoms with Gasteiger partial charge in [-0.3, -0.25) is 0 Å². The molecule has 0 saturated carbocycles. The fourth-order valence-corrected chi connectivity index (χ4v) is 2.53. The van der Waals surface area contributed by atoms with Gasteiger partial charge in [0.05, 0.1) is 0 Å². The van der Waals surface area contributed by atoms with Crippen molar-refractivity contribution in [3.05, 3.63) is 60.7 Å². The van der Waals surface area contributed by atoms with E-state index in [-0.39, 0.29) is 0 Å². The smallest absolute Gasteiger partial charge is 0.170 e. The van der Waals surface area contributed by atoms with Gasteiger partial charge in [-0.2, -0.15) is 0 Å². The minimum Gasteiger partial charge on any atom is -0.453 e. The van der Waals surface area contributed by atoms with Gasteiger partial charge >= 0.3 is 0 Å². The van der Waals surface area contributed by atoms with Crippen LogP contribution in [0.25, 0.3) is 44.7 Å². The van der Waals surface area contributed by atoms with Crippen LogP contribution in [-0.2, 0) is 0 Å². The van der Waals surface area contributed by atoms with Gasteiger partial charge in [-0.1, -0.05) is 0 Å². The van der Waals surface area contributed by atoms with Crippen LogP contribution in [0, 0.1) is 0 Å². The molecule has 22 heavy (non-hydrogen) atoms. The van der Waals surface area contributed by atoms with E-state index in [4.69, 9.17) is 17.7 Å². The quantitative estimate of drug-likeness (QED) is 0.362. The molecule has 0 aliphatic heterocycles. The van der Waals surface area contributed by atoms with E-state index >= 15 is 0 Å². The van der Waals surface area contributed by atoms with E-state index < -0.39 is 0 Å². The van der Waals surface area contributed by atoms with Gasteiger partial charge < -0.3 is 17.7 Å². The van der Waals surface area contributed by atoms with Crippen LogP contribution in [0.5, 0.6) is 0 Å². The summed E-state index contributed by atoms with van der Waals surface area (Å²) in [6.45, 7) is 0. The minimum absolute atomic E-state index is 0.676. The molecule has 5 heterocycles. The molecule has 0 unspecified atom stereocenters. The molecule has 106 valence electrons. The SMILES string of the molecule is c1cc2oc1cc1ccc(o1)c1ccc(cc3ccc2o3)o1. The summed E-state index contributed by atoms with van der Waals surface area (Å²) in [7, 11) is 0. The lowest BCUT2D eigenvalue weighted by Crippen LogP contribution is -1.55. The predicted octanol–water partition coefficient (Wildman–Crippen LogP) is 5.80. The van der Waals surface area contributed by atoms with Crippen LogP contribution in [-0.4, -0.2) is 0 Å². The molecule has 5 aromatic heterocycles. The molecule has 0 saturated heterocycles. The van der Waals surface area contributed by atoms with E-state index in [1.807, 2.05) is 60.7 Å². The second kappa shape index (κ2) is 4.18. The Hall–Kier alpha value is -3.14. The highest BCUT2D eigenvalue weighted by molar-refractivity contribution is 5.78. The summed E-state index contributed by atoms with van der Waals surface area (Å²) in [5.41, 5.74) is 5.52. The van der Waals surface area contributed by atoms with Crippen molar-refractivity contribution in [1.82, 2.24) is 0 Å². The Morgan fingerprint density at radius 3 is 0.909 bits per heavy atom. The third kappa shape index (κ3) is 1.78. The Balaban J connectivity index is 2.01. The Kier molecular flexibility index (Phi) is 2.19. The van der Waals surface area contributed by atoms with Gasteiger partial charge in [0.25, 0.3) is 0 Å². The Bertz CT molecular complexity index is 996. The third-order valence-corrected chi connectivity index (χ3v) is 3.56. The average molecular weight is 290 g/mol. The maximum Gasteiger partial charge on any atom is 0.170 e. The lowest BCUT2D eigenvalue weighted by Gasteiger charge is -1.83. The summed E-state index contributed by atoms with van der Waals surface area (Å²) in [5, 5.41) is 0. The summed E-state index contributed by atoms with van der Waals surface area (Å²) in [5.74, 6) is 0. The molecule has 0 fully saturated rings. The van der Waals surface area contributed by atoms with E-state index in [9.17, 15) is 0 Å². The molecule has 0 atom stereocenters. The number of hydrogen-bond acceptors (Lipinski definition) is 4. The molecule has 5 rings (SSSR count). The molecule has 0 amide bonds. The highest BCUT2D eigenvalue weighted by atomic mass is 16.4. The van der Waals surface area contributed by atoms with Crippen LogP contribution in [0.2, 0.25) is 0 Å². The molecule has 0 radical (unpaired) electrons. The van der Waals surface area contributed by atoms with Crippen molar-refractivity contribution in [2.45, 2.75) is 0 Å². The van der Waals surface area contributed by atoms with Gasteiger partial charge in [-0.15, -0.1) is 0 Å². The fourth-order valence-electron chi connectivity index (χ4n) is 2.53. The van der Waals surface area contributed by atoms with E-state index in [0.717, 1.165) is 0 Å². The molecule has 5 aromatic rings. The van der Waals surface area contributed by atoms with Crippen LogP contribution in [0.1, 0.15) is 0 Å². The molecule has 4 nitrogen and oxygen atoms in total. The number of furan rings is 4. The first-order valence-electron chi connectivity index (χ1n) is 6.93. The van der Waals surface area contributed by atoms with Crippen molar-refractivity contribution in [2.75, 3.05) is 0 Å². The normalized spacial score (nSPS) is 11.6. The van der Waals surface area contributed by atoms with Crippen molar-refractivity contribution >= 4 is 44.7 Å². The highest BCUT2D eigenvalue weighted by Gasteiger charge is 2.02. The van der Waals surface area contributed by atoms with Crippen LogP contribution in [0.3, 0.4) is 0 Å². The van der Waals surface area contributed by atoms with Crippen LogP contribution in [0.4, 0.5) is 0 Å². The first-order valence-corrected chi connectivity index (χ1v) is 6.93. The van der Waals surface area contributed by atoms with Crippen molar-refractivity contribution in [2.24, 2.45) is 0 Å². The van der Waals surface area contributed by atoms with Crippen LogP contribution in [0.15, 0.2) is 78.3 Å². The second-order valence-corrected chi connectivity index (χ2v) is 5.10. The third-order valence-electron chi connectivity index (χ3n) is 3.56. The molecule has 0 aromatic carbocycles. The second-order valence-electron chi connectivity index (χ2n) is 5.10. The summed E-state index contributed by atoms with van der Waals surface area (Å²) in [6, 6.07) is 18.7. The van der Waals surface area contributed by atoms with Gasteiger partial charge in [0.1, 0.15) is 22.3 Å². The maximum atomic E-state index is 5.78. The van der Waals surface area contributed by atoms with Crippen molar-refractivity contribution in [1.29, 1.82) is 0 Å². The molecule has 8 bridgehead atoms. The van der Waals surface area contributed by atoms with Gasteiger partial charge in [0.15, 0.2) is 22.3 Å². The highest BCUT2D eigenvalue weighted by Crippen LogP contribution is 2.24. The molecule has 0 spiro atoms. The largest absolute Gasteiger partial charge is 0.453 e. The molecular formula is C18H10O4. The minimum atomic E-state index is 0.676. The average Bonchev–Trinajstić information content (AvgIpc) is 3.24. The molecular weight excluding hydrogens is 280 g/mol. The summed E-state index contributed by atoms with van der Waals surface area (Å²) >= 11 is 0.